The predicted octanol–water partition coefficient (Wildman–Crippen LogP) is -0.251. The molecule has 2 rings (SSSR count). The Labute approximate surface area is 120 Å². The molecule has 114 valence electrons. The fourth-order valence-corrected chi connectivity index (χ4v) is 2.78. The number of hydrogen-bond donors (Lipinski definition) is 0. The van der Waals surface area contributed by atoms with Gasteiger partial charge < -0.3 is 19.1 Å². The molecule has 0 aromatic rings. The standard InChI is InChI=1S/C14H24N2O4/c1-3-4-15-5-7-19-12-14(10-15)11-16(6-8-20-14)13(17)9-18-2/h3H,1,4-12H2,2H3. The van der Waals surface area contributed by atoms with Crippen molar-refractivity contribution in [2.24, 2.45) is 0 Å². The van der Waals surface area contributed by atoms with Gasteiger partial charge >= 0.3 is 0 Å². The highest BCUT2D eigenvalue weighted by molar-refractivity contribution is 5.77. The van der Waals surface area contributed by atoms with Gasteiger partial charge in [-0.05, 0) is 0 Å². The number of carbonyl (C=O) groups is 1. The molecule has 2 fully saturated rings. The summed E-state index contributed by atoms with van der Waals surface area (Å²) in [6.45, 7) is 9.26. The molecule has 0 bridgehead atoms. The lowest BCUT2D eigenvalue weighted by Gasteiger charge is -2.43. The van der Waals surface area contributed by atoms with Gasteiger partial charge in [-0.15, -0.1) is 6.58 Å². The van der Waals surface area contributed by atoms with Gasteiger partial charge in [0.1, 0.15) is 12.2 Å². The highest BCUT2D eigenvalue weighted by Crippen LogP contribution is 2.22. The van der Waals surface area contributed by atoms with E-state index in [0.717, 1.165) is 19.6 Å². The van der Waals surface area contributed by atoms with Crippen LogP contribution in [0.2, 0.25) is 0 Å². The van der Waals surface area contributed by atoms with Gasteiger partial charge in [0.15, 0.2) is 0 Å². The molecule has 1 atom stereocenters. The molecule has 2 aliphatic heterocycles. The van der Waals surface area contributed by atoms with Crippen LogP contribution in [0.5, 0.6) is 0 Å². The summed E-state index contributed by atoms with van der Waals surface area (Å²) in [6.07, 6.45) is 1.88. The van der Waals surface area contributed by atoms with Crippen LogP contribution in [-0.2, 0) is 19.0 Å². The Morgan fingerprint density at radius 2 is 2.25 bits per heavy atom. The summed E-state index contributed by atoms with van der Waals surface area (Å²) < 4.78 is 16.6. The summed E-state index contributed by atoms with van der Waals surface area (Å²) in [7, 11) is 1.54. The van der Waals surface area contributed by atoms with E-state index in [1.165, 1.54) is 7.11 Å². The molecule has 0 aromatic carbocycles. The highest BCUT2D eigenvalue weighted by atomic mass is 16.5. The van der Waals surface area contributed by atoms with E-state index < -0.39 is 5.60 Å². The van der Waals surface area contributed by atoms with E-state index in [2.05, 4.69) is 11.5 Å². The van der Waals surface area contributed by atoms with E-state index in [1.54, 1.807) is 0 Å². The average Bonchev–Trinajstić information content (AvgIpc) is 2.62. The number of nitrogens with zero attached hydrogens (tertiary/aromatic N) is 2. The molecule has 0 N–H and O–H groups in total. The van der Waals surface area contributed by atoms with Crippen molar-refractivity contribution in [3.05, 3.63) is 12.7 Å². The Bertz CT molecular complexity index is 350. The molecular weight excluding hydrogens is 260 g/mol. The monoisotopic (exact) mass is 284 g/mol. The third-order valence-corrected chi connectivity index (χ3v) is 3.69. The molecule has 2 heterocycles. The summed E-state index contributed by atoms with van der Waals surface area (Å²) in [5, 5.41) is 0. The maximum atomic E-state index is 12.0. The largest absolute Gasteiger partial charge is 0.377 e. The van der Waals surface area contributed by atoms with Crippen LogP contribution < -0.4 is 0 Å². The third kappa shape index (κ3) is 3.79. The summed E-state index contributed by atoms with van der Waals surface area (Å²) >= 11 is 0. The maximum Gasteiger partial charge on any atom is 0.248 e. The number of carbonyl (C=O) groups excluding carboxylic acids is 1. The molecule has 0 saturated carbocycles. The zero-order chi connectivity index (χ0) is 14.4. The molecule has 0 radical (unpaired) electrons. The van der Waals surface area contributed by atoms with Gasteiger partial charge in [-0.25, -0.2) is 0 Å². The van der Waals surface area contributed by atoms with E-state index in [4.69, 9.17) is 14.2 Å². The van der Waals surface area contributed by atoms with Crippen molar-refractivity contribution in [3.63, 3.8) is 0 Å². The molecule has 6 nitrogen and oxygen atoms in total. The first-order valence-electron chi connectivity index (χ1n) is 7.01. The van der Waals surface area contributed by atoms with Crippen molar-refractivity contribution in [2.45, 2.75) is 5.60 Å². The Kier molecular flexibility index (Phi) is 5.54. The average molecular weight is 284 g/mol. The van der Waals surface area contributed by atoms with Crippen molar-refractivity contribution >= 4 is 5.91 Å². The van der Waals surface area contributed by atoms with E-state index in [1.807, 2.05) is 11.0 Å². The van der Waals surface area contributed by atoms with Gasteiger partial charge in [-0.2, -0.15) is 0 Å². The number of rotatable bonds is 4. The van der Waals surface area contributed by atoms with E-state index >= 15 is 0 Å². The second kappa shape index (κ2) is 7.17. The van der Waals surface area contributed by atoms with Gasteiger partial charge in [0.25, 0.3) is 0 Å². The topological polar surface area (TPSA) is 51.2 Å². The number of methoxy groups -OCH3 is 1. The number of hydrogen-bond acceptors (Lipinski definition) is 5. The molecule has 1 unspecified atom stereocenters. The highest BCUT2D eigenvalue weighted by Gasteiger charge is 2.41. The molecule has 2 aliphatic rings. The van der Waals surface area contributed by atoms with Gasteiger partial charge in [-0.3, -0.25) is 9.69 Å². The molecule has 2 saturated heterocycles. The molecule has 6 heteroatoms. The quantitative estimate of drug-likeness (QED) is 0.666. The van der Waals surface area contributed by atoms with Crippen molar-refractivity contribution in [2.75, 3.05) is 66.3 Å². The molecule has 20 heavy (non-hydrogen) atoms. The van der Waals surface area contributed by atoms with Crippen LogP contribution in [0.1, 0.15) is 0 Å². The van der Waals surface area contributed by atoms with E-state index in [0.29, 0.717) is 32.9 Å². The minimum Gasteiger partial charge on any atom is -0.377 e. The zero-order valence-corrected chi connectivity index (χ0v) is 12.2. The summed E-state index contributed by atoms with van der Waals surface area (Å²) in [6, 6.07) is 0. The van der Waals surface area contributed by atoms with Crippen LogP contribution in [0.15, 0.2) is 12.7 Å². The maximum absolute atomic E-state index is 12.0. The third-order valence-electron chi connectivity index (χ3n) is 3.69. The molecule has 0 aliphatic carbocycles. The Morgan fingerprint density at radius 1 is 1.40 bits per heavy atom. The number of morpholine rings is 1. The van der Waals surface area contributed by atoms with E-state index in [-0.39, 0.29) is 12.5 Å². The second-order valence-electron chi connectivity index (χ2n) is 5.36. The number of amides is 1. The van der Waals surface area contributed by atoms with Crippen LogP contribution in [-0.4, -0.2) is 87.6 Å². The van der Waals surface area contributed by atoms with Gasteiger partial charge in [-0.1, -0.05) is 6.08 Å². The lowest BCUT2D eigenvalue weighted by molar-refractivity contribution is -0.164. The molecule has 1 spiro atoms. The lowest BCUT2D eigenvalue weighted by atomic mass is 10.0. The van der Waals surface area contributed by atoms with Gasteiger partial charge in [0.2, 0.25) is 5.91 Å². The smallest absolute Gasteiger partial charge is 0.248 e. The zero-order valence-electron chi connectivity index (χ0n) is 12.2. The minimum atomic E-state index is -0.429. The SMILES string of the molecule is C=CCN1CCOCC2(C1)CN(C(=O)COC)CCO2. The second-order valence-corrected chi connectivity index (χ2v) is 5.36. The first-order valence-corrected chi connectivity index (χ1v) is 7.01. The molecule has 0 aromatic heterocycles. The normalized spacial score (nSPS) is 28.4. The Balaban J connectivity index is 2.03. The summed E-state index contributed by atoms with van der Waals surface area (Å²) in [5.41, 5.74) is -0.429. The number of ether oxygens (including phenoxy) is 3. The first kappa shape index (κ1) is 15.4. The Morgan fingerprint density at radius 3 is 3.00 bits per heavy atom. The van der Waals surface area contributed by atoms with Crippen molar-refractivity contribution in [3.8, 4) is 0 Å². The van der Waals surface area contributed by atoms with Crippen LogP contribution in [0.25, 0.3) is 0 Å². The summed E-state index contributed by atoms with van der Waals surface area (Å²) in [4.78, 5) is 16.1. The van der Waals surface area contributed by atoms with Crippen LogP contribution in [0.4, 0.5) is 0 Å². The van der Waals surface area contributed by atoms with Crippen LogP contribution in [0.3, 0.4) is 0 Å². The van der Waals surface area contributed by atoms with Crippen LogP contribution >= 0.6 is 0 Å². The summed E-state index contributed by atoms with van der Waals surface area (Å²) in [5.74, 6) is 0.00897. The van der Waals surface area contributed by atoms with Crippen molar-refractivity contribution in [1.82, 2.24) is 9.80 Å². The van der Waals surface area contributed by atoms with Gasteiger partial charge in [0, 0.05) is 33.3 Å². The molecule has 1 amide bonds. The Hall–Kier alpha value is -0.950. The van der Waals surface area contributed by atoms with E-state index in [9.17, 15) is 4.79 Å². The minimum absolute atomic E-state index is 0.00897. The lowest BCUT2D eigenvalue weighted by Crippen LogP contribution is -2.60. The predicted molar refractivity (Wildman–Crippen MR) is 74.6 cm³/mol. The fourth-order valence-electron chi connectivity index (χ4n) is 2.78. The molecular formula is C14H24N2O4. The van der Waals surface area contributed by atoms with Crippen LogP contribution in [0, 0.1) is 0 Å². The van der Waals surface area contributed by atoms with Crippen molar-refractivity contribution < 1.29 is 19.0 Å². The van der Waals surface area contributed by atoms with Crippen molar-refractivity contribution in [1.29, 1.82) is 0 Å². The van der Waals surface area contributed by atoms with Gasteiger partial charge in [0.05, 0.1) is 26.4 Å². The first-order chi connectivity index (χ1) is 9.69. The fraction of sp³-hybridized carbons (Fsp3) is 0.786.